The number of nitrogens with one attached hydrogen (secondary N) is 1. The number of rotatable bonds is 2. The molecule has 84 valence electrons. The van der Waals surface area contributed by atoms with Gasteiger partial charge in [0.1, 0.15) is 6.54 Å². The van der Waals surface area contributed by atoms with Crippen LogP contribution in [0.5, 0.6) is 0 Å². The summed E-state index contributed by atoms with van der Waals surface area (Å²) >= 11 is 0. The topological polar surface area (TPSA) is 41.6 Å². The van der Waals surface area contributed by atoms with Gasteiger partial charge in [-0.05, 0) is 11.6 Å². The average molecular weight is 247 g/mol. The van der Waals surface area contributed by atoms with E-state index in [4.69, 9.17) is 0 Å². The fraction of sp³-hybridized carbons (Fsp3) is 0.364. The summed E-state index contributed by atoms with van der Waals surface area (Å²) in [6.07, 6.45) is 2.22. The van der Waals surface area contributed by atoms with Gasteiger partial charge < -0.3 is 30.5 Å². The van der Waals surface area contributed by atoms with E-state index in [-0.39, 0.29) is 24.8 Å². The van der Waals surface area contributed by atoms with Gasteiger partial charge >= 0.3 is 0 Å². The molecule has 2 rings (SSSR count). The van der Waals surface area contributed by atoms with E-state index in [1.54, 1.807) is 0 Å². The van der Waals surface area contributed by atoms with Crippen LogP contribution in [0.1, 0.15) is 17.5 Å². The van der Waals surface area contributed by atoms with Gasteiger partial charge in [-0.3, -0.25) is 0 Å². The quantitative estimate of drug-likeness (QED) is 0.521. The second-order valence-electron chi connectivity index (χ2n) is 3.42. The van der Waals surface area contributed by atoms with Gasteiger partial charge in [-0.2, -0.15) is 0 Å². The molecule has 1 aromatic carbocycles. The maximum absolute atomic E-state index is 3.89. The molecular weight excluding hydrogens is 231 g/mol. The van der Waals surface area contributed by atoms with Crippen LogP contribution in [-0.2, 0) is 6.42 Å². The first-order valence-corrected chi connectivity index (χ1v) is 4.89. The molecule has 4 heteroatoms. The largest absolute Gasteiger partial charge is 1.00 e. The number of benzene rings is 1. The molecule has 0 atom stereocenters. The minimum absolute atomic E-state index is 0. The Morgan fingerprint density at radius 3 is 2.67 bits per heavy atom. The number of hydrogen-bond donors (Lipinski definition) is 2. The van der Waals surface area contributed by atoms with E-state index in [0.29, 0.717) is 0 Å². The zero-order valence-corrected chi connectivity index (χ0v) is 10.1. The summed E-state index contributed by atoms with van der Waals surface area (Å²) in [4.78, 5) is 3.45. The maximum atomic E-state index is 3.89. The highest BCUT2D eigenvalue weighted by molar-refractivity contribution is 5.98. The summed E-state index contributed by atoms with van der Waals surface area (Å²) in [5.74, 6) is 0. The first-order valence-electron chi connectivity index (χ1n) is 4.89. The summed E-state index contributed by atoms with van der Waals surface area (Å²) in [6, 6.07) is 8.65. The Kier molecular flexibility index (Phi) is 6.57. The van der Waals surface area contributed by atoms with E-state index in [9.17, 15) is 0 Å². The van der Waals surface area contributed by atoms with Crippen molar-refractivity contribution in [2.24, 2.45) is 0 Å². The Labute approximate surface area is 103 Å². The number of hydrogen-bond acceptors (Lipinski definition) is 0. The van der Waals surface area contributed by atoms with Gasteiger partial charge in [0, 0.05) is 12.0 Å². The summed E-state index contributed by atoms with van der Waals surface area (Å²) in [5, 5.41) is 0. The molecule has 4 N–H and O–H groups in total. The molecule has 0 amide bonds. The van der Waals surface area contributed by atoms with E-state index < -0.39 is 0 Å². The summed E-state index contributed by atoms with van der Waals surface area (Å²) in [5.41, 5.74) is 8.14. The number of halogens is 2. The lowest BCUT2D eigenvalue weighted by atomic mass is 9.96. The molecule has 0 radical (unpaired) electrons. The van der Waals surface area contributed by atoms with Crippen LogP contribution in [0.15, 0.2) is 24.3 Å². The van der Waals surface area contributed by atoms with Crippen LogP contribution >= 0.6 is 0 Å². The van der Waals surface area contributed by atoms with Crippen molar-refractivity contribution >= 4 is 5.71 Å². The summed E-state index contributed by atoms with van der Waals surface area (Å²) in [7, 11) is 0. The Morgan fingerprint density at radius 2 is 1.93 bits per heavy atom. The molecule has 2 nitrogen and oxygen atoms in total. The summed E-state index contributed by atoms with van der Waals surface area (Å²) in [6.45, 7) is 2.04. The van der Waals surface area contributed by atoms with Crippen molar-refractivity contribution < 1.29 is 35.5 Å². The van der Waals surface area contributed by atoms with Crippen molar-refractivity contribution in [3.8, 4) is 0 Å². The minimum Gasteiger partial charge on any atom is -1.00 e. The molecule has 0 bridgehead atoms. The van der Waals surface area contributed by atoms with Crippen LogP contribution in [-0.4, -0.2) is 18.8 Å². The van der Waals surface area contributed by atoms with Crippen LogP contribution < -0.4 is 35.5 Å². The smallest absolute Gasteiger partial charge is 0.187 e. The van der Waals surface area contributed by atoms with E-state index >= 15 is 0 Å². The highest BCUT2D eigenvalue weighted by atomic mass is 35.5. The highest BCUT2D eigenvalue weighted by Crippen LogP contribution is 2.11. The Balaban J connectivity index is 0.000000980. The number of quaternary nitrogens is 1. The molecule has 0 saturated heterocycles. The van der Waals surface area contributed by atoms with Gasteiger partial charge in [-0.15, -0.1) is 0 Å². The maximum Gasteiger partial charge on any atom is 0.187 e. The molecule has 0 spiro atoms. The fourth-order valence-electron chi connectivity index (χ4n) is 1.88. The van der Waals surface area contributed by atoms with Crippen molar-refractivity contribution in [3.05, 3.63) is 35.4 Å². The lowest BCUT2D eigenvalue weighted by molar-refractivity contribution is -0.461. The van der Waals surface area contributed by atoms with Gasteiger partial charge in [-0.25, -0.2) is 4.99 Å². The lowest BCUT2D eigenvalue weighted by Crippen LogP contribution is -3.00. The van der Waals surface area contributed by atoms with Crippen molar-refractivity contribution in [3.63, 3.8) is 0 Å². The van der Waals surface area contributed by atoms with Crippen molar-refractivity contribution in [2.75, 3.05) is 13.1 Å². The van der Waals surface area contributed by atoms with Gasteiger partial charge in [0.2, 0.25) is 0 Å². The van der Waals surface area contributed by atoms with Gasteiger partial charge in [0.05, 0.1) is 13.0 Å². The van der Waals surface area contributed by atoms with E-state index in [1.807, 2.05) is 0 Å². The molecule has 0 aromatic heterocycles. The van der Waals surface area contributed by atoms with E-state index in [0.717, 1.165) is 25.9 Å². The highest BCUT2D eigenvalue weighted by Gasteiger charge is 2.17. The molecular formula is C11H16Cl2N2. The van der Waals surface area contributed by atoms with Crippen molar-refractivity contribution in [1.82, 2.24) is 0 Å². The van der Waals surface area contributed by atoms with Crippen LogP contribution in [0.2, 0.25) is 0 Å². The second kappa shape index (κ2) is 6.83. The normalized spacial score (nSPS) is 13.0. The molecule has 0 saturated carbocycles. The standard InChI is InChI=1S/C11H14N2.2ClH/c12-7-5-11-10-4-2-1-3-9(10)6-8-13-11;;/h1-4H,5-8,12H2;2*1H. The van der Waals surface area contributed by atoms with Crippen LogP contribution in [0, 0.1) is 0 Å². The van der Waals surface area contributed by atoms with Crippen LogP contribution in [0.3, 0.4) is 0 Å². The molecule has 1 aliphatic heterocycles. The first kappa shape index (κ1) is 14.4. The monoisotopic (exact) mass is 246 g/mol. The van der Waals surface area contributed by atoms with Gasteiger partial charge in [0.15, 0.2) is 5.71 Å². The van der Waals surface area contributed by atoms with Crippen molar-refractivity contribution in [1.29, 1.82) is 0 Å². The minimum atomic E-state index is 0. The van der Waals surface area contributed by atoms with Gasteiger partial charge in [0.25, 0.3) is 0 Å². The zero-order valence-electron chi connectivity index (χ0n) is 8.60. The molecule has 0 unspecified atom stereocenters. The molecule has 0 fully saturated rings. The molecule has 15 heavy (non-hydrogen) atoms. The van der Waals surface area contributed by atoms with Crippen LogP contribution in [0.4, 0.5) is 0 Å². The van der Waals surface area contributed by atoms with Crippen molar-refractivity contribution in [2.45, 2.75) is 12.8 Å². The van der Waals surface area contributed by atoms with Gasteiger partial charge in [-0.1, -0.05) is 18.2 Å². The van der Waals surface area contributed by atoms with E-state index in [2.05, 4.69) is 35.0 Å². The average Bonchev–Trinajstić information content (AvgIpc) is 2.19. The third kappa shape index (κ3) is 3.20. The predicted octanol–water partition coefficient (Wildman–Crippen LogP) is -7.25. The second-order valence-corrected chi connectivity index (χ2v) is 3.42. The Morgan fingerprint density at radius 1 is 1.20 bits per heavy atom. The Hall–Kier alpha value is -0.570. The van der Waals surface area contributed by atoms with E-state index in [1.165, 1.54) is 16.8 Å². The molecule has 1 aliphatic rings. The third-order valence-corrected chi connectivity index (χ3v) is 2.50. The summed E-state index contributed by atoms with van der Waals surface area (Å²) < 4.78 is 0. The SMILES string of the molecule is [Cl-].[Cl-].[NH3+]CCC1=[NH+]CCc2ccccc21. The molecule has 1 aromatic rings. The zero-order chi connectivity index (χ0) is 9.10. The van der Waals surface area contributed by atoms with Crippen LogP contribution in [0.25, 0.3) is 0 Å². The first-order chi connectivity index (χ1) is 6.42. The Bertz CT molecular complexity index is 337. The molecule has 0 aliphatic carbocycles. The lowest BCUT2D eigenvalue weighted by Gasteiger charge is -2.10. The predicted molar refractivity (Wildman–Crippen MR) is 52.5 cm³/mol. The molecule has 1 heterocycles. The number of fused-ring (bicyclic) bond motifs is 1. The fourth-order valence-corrected chi connectivity index (χ4v) is 1.88. The third-order valence-electron chi connectivity index (χ3n) is 2.50.